The van der Waals surface area contributed by atoms with E-state index in [0.29, 0.717) is 31.0 Å². The Hall–Kier alpha value is -3.40. The molecule has 0 radical (unpaired) electrons. The van der Waals surface area contributed by atoms with Gasteiger partial charge < -0.3 is 14.8 Å². The average Bonchev–Trinajstić information content (AvgIpc) is 2.91. The monoisotopic (exact) mass is 509 g/mol. The molecule has 9 heteroatoms. The largest absolute Gasteiger partial charge is 0.497 e. The number of hydrogen-bond acceptors (Lipinski definition) is 6. The van der Waals surface area contributed by atoms with Crippen LogP contribution in [0.1, 0.15) is 27.5 Å². The zero-order chi connectivity index (χ0) is 25.5. The van der Waals surface area contributed by atoms with E-state index in [1.54, 1.807) is 19.2 Å². The predicted octanol–water partition coefficient (Wildman–Crippen LogP) is 3.61. The lowest BCUT2D eigenvalue weighted by atomic mass is 10.0. The van der Waals surface area contributed by atoms with Gasteiger partial charge in [-0.3, -0.25) is 14.4 Å². The maximum Gasteiger partial charge on any atom is 0.261 e. The zero-order valence-corrected chi connectivity index (χ0v) is 21.3. The van der Waals surface area contributed by atoms with Crippen LogP contribution < -0.4 is 14.8 Å². The average molecular weight is 510 g/mol. The molecule has 1 atom stereocenters. The number of methoxy groups -OCH3 is 1. The summed E-state index contributed by atoms with van der Waals surface area (Å²) in [7, 11) is -2.14. The lowest BCUT2D eigenvalue weighted by Crippen LogP contribution is -2.43. The number of morpholine rings is 1. The van der Waals surface area contributed by atoms with Gasteiger partial charge in [0.1, 0.15) is 5.75 Å². The molecule has 1 heterocycles. The van der Waals surface area contributed by atoms with E-state index in [2.05, 4.69) is 14.9 Å². The normalized spacial score (nSPS) is 15.2. The van der Waals surface area contributed by atoms with Crippen molar-refractivity contribution in [3.05, 3.63) is 89.5 Å². The summed E-state index contributed by atoms with van der Waals surface area (Å²) in [6.07, 6.45) is 0. The maximum absolute atomic E-state index is 12.9. The molecule has 3 aromatic carbocycles. The van der Waals surface area contributed by atoms with Crippen molar-refractivity contribution >= 4 is 21.6 Å². The van der Waals surface area contributed by atoms with Crippen LogP contribution in [-0.4, -0.2) is 59.2 Å². The number of hydrogen-bond donors (Lipinski definition) is 2. The van der Waals surface area contributed by atoms with E-state index >= 15 is 0 Å². The number of amides is 1. The molecule has 0 unspecified atom stereocenters. The summed E-state index contributed by atoms with van der Waals surface area (Å²) >= 11 is 0. The van der Waals surface area contributed by atoms with Gasteiger partial charge in [-0.2, -0.15) is 0 Å². The minimum absolute atomic E-state index is 0.0262. The van der Waals surface area contributed by atoms with E-state index in [0.717, 1.165) is 30.0 Å². The van der Waals surface area contributed by atoms with E-state index in [9.17, 15) is 13.2 Å². The molecule has 1 aliphatic rings. The van der Waals surface area contributed by atoms with Gasteiger partial charge in [-0.05, 0) is 60.5 Å². The van der Waals surface area contributed by atoms with Crippen LogP contribution in [0.15, 0.2) is 77.7 Å². The second-order valence-corrected chi connectivity index (χ2v) is 10.3. The van der Waals surface area contributed by atoms with Crippen LogP contribution >= 0.6 is 0 Å². The Morgan fingerprint density at radius 1 is 1.00 bits per heavy atom. The van der Waals surface area contributed by atoms with E-state index in [4.69, 9.17) is 9.47 Å². The lowest BCUT2D eigenvalue weighted by molar-refractivity contribution is 0.0162. The molecule has 3 aromatic rings. The molecule has 2 N–H and O–H groups in total. The number of carbonyl (C=O) groups excluding carboxylic acids is 1. The Labute approximate surface area is 212 Å². The predicted molar refractivity (Wildman–Crippen MR) is 139 cm³/mol. The highest BCUT2D eigenvalue weighted by Crippen LogP contribution is 2.24. The first-order chi connectivity index (χ1) is 17.4. The van der Waals surface area contributed by atoms with Crippen LogP contribution in [0.4, 0.5) is 5.69 Å². The van der Waals surface area contributed by atoms with Crippen LogP contribution in [-0.2, 0) is 14.8 Å². The highest BCUT2D eigenvalue weighted by atomic mass is 32.2. The van der Waals surface area contributed by atoms with Gasteiger partial charge in [-0.15, -0.1) is 0 Å². The van der Waals surface area contributed by atoms with Gasteiger partial charge in [0.05, 0.1) is 36.9 Å². The zero-order valence-electron chi connectivity index (χ0n) is 20.4. The standard InChI is InChI=1S/C27H31N3O5S/c1-20-5-3-4-6-25(20)29-36(32,33)24-13-9-22(10-14-24)27(31)28-19-26(30-15-17-35-18-16-30)21-7-11-23(34-2)12-8-21/h3-14,26,29H,15-19H2,1-2H3,(H,28,31)/t26-/m1/s1. The highest BCUT2D eigenvalue weighted by Gasteiger charge is 2.24. The first-order valence-electron chi connectivity index (χ1n) is 11.8. The summed E-state index contributed by atoms with van der Waals surface area (Å²) in [4.78, 5) is 15.3. The SMILES string of the molecule is COc1ccc([C@@H](CNC(=O)c2ccc(S(=O)(=O)Nc3ccccc3C)cc2)N2CCOCC2)cc1. The van der Waals surface area contributed by atoms with E-state index in [-0.39, 0.29) is 16.8 Å². The summed E-state index contributed by atoms with van der Waals surface area (Å²) in [5, 5.41) is 3.01. The van der Waals surface area contributed by atoms with Crippen molar-refractivity contribution in [2.45, 2.75) is 17.9 Å². The third kappa shape index (κ3) is 6.23. The third-order valence-electron chi connectivity index (χ3n) is 6.26. The van der Waals surface area contributed by atoms with Crippen molar-refractivity contribution in [3.63, 3.8) is 0 Å². The Balaban J connectivity index is 1.44. The molecule has 1 fully saturated rings. The van der Waals surface area contributed by atoms with Gasteiger partial charge in [0.25, 0.3) is 15.9 Å². The number of nitrogens with zero attached hydrogens (tertiary/aromatic N) is 1. The summed E-state index contributed by atoms with van der Waals surface area (Å²) in [5.41, 5.74) is 2.80. The van der Waals surface area contributed by atoms with Gasteiger partial charge in [0.2, 0.25) is 0 Å². The number of carbonyl (C=O) groups is 1. The number of sulfonamides is 1. The number of aryl methyl sites for hydroxylation is 1. The fourth-order valence-electron chi connectivity index (χ4n) is 4.14. The Kier molecular flexibility index (Phi) is 8.25. The molecule has 0 saturated carbocycles. The van der Waals surface area contributed by atoms with Crippen LogP contribution in [0, 0.1) is 6.92 Å². The van der Waals surface area contributed by atoms with E-state index in [1.165, 1.54) is 24.3 Å². The highest BCUT2D eigenvalue weighted by molar-refractivity contribution is 7.92. The second-order valence-electron chi connectivity index (χ2n) is 8.59. The Morgan fingerprint density at radius 3 is 2.31 bits per heavy atom. The molecule has 1 saturated heterocycles. The lowest BCUT2D eigenvalue weighted by Gasteiger charge is -2.35. The summed E-state index contributed by atoms with van der Waals surface area (Å²) in [6.45, 7) is 5.07. The van der Waals surface area contributed by atoms with Gasteiger partial charge in [0, 0.05) is 25.2 Å². The third-order valence-corrected chi connectivity index (χ3v) is 7.64. The fraction of sp³-hybridized carbons (Fsp3) is 0.296. The van der Waals surface area contributed by atoms with Crippen molar-refractivity contribution in [2.75, 3.05) is 44.7 Å². The molecule has 190 valence electrons. The molecule has 1 aliphatic heterocycles. The van der Waals surface area contributed by atoms with Crippen LogP contribution in [0.5, 0.6) is 5.75 Å². The Morgan fingerprint density at radius 2 is 1.67 bits per heavy atom. The first-order valence-corrected chi connectivity index (χ1v) is 13.3. The fourth-order valence-corrected chi connectivity index (χ4v) is 5.27. The van der Waals surface area contributed by atoms with Gasteiger partial charge >= 0.3 is 0 Å². The molecule has 0 aliphatic carbocycles. The second kappa shape index (κ2) is 11.6. The number of rotatable bonds is 9. The smallest absolute Gasteiger partial charge is 0.261 e. The van der Waals surface area contributed by atoms with Crippen LogP contribution in [0.3, 0.4) is 0 Å². The van der Waals surface area contributed by atoms with E-state index in [1.807, 2.05) is 43.3 Å². The number of ether oxygens (including phenoxy) is 2. The quantitative estimate of drug-likeness (QED) is 0.458. The topological polar surface area (TPSA) is 97.0 Å². The summed E-state index contributed by atoms with van der Waals surface area (Å²) < 4.78 is 39.0. The van der Waals surface area contributed by atoms with Crippen LogP contribution in [0.25, 0.3) is 0 Å². The summed E-state index contributed by atoms with van der Waals surface area (Å²) in [5.74, 6) is 0.507. The Bertz CT molecular complexity index is 1270. The van der Waals surface area contributed by atoms with Crippen LogP contribution in [0.2, 0.25) is 0 Å². The number of benzene rings is 3. The number of nitrogens with one attached hydrogen (secondary N) is 2. The minimum atomic E-state index is -3.77. The molecule has 0 bridgehead atoms. The van der Waals surface area contributed by atoms with Crippen molar-refractivity contribution in [2.24, 2.45) is 0 Å². The molecule has 0 aromatic heterocycles. The van der Waals surface area contributed by atoms with Gasteiger partial charge in [-0.25, -0.2) is 8.42 Å². The molecule has 1 amide bonds. The molecule has 8 nitrogen and oxygen atoms in total. The van der Waals surface area contributed by atoms with Gasteiger partial charge in [-0.1, -0.05) is 30.3 Å². The van der Waals surface area contributed by atoms with Crippen molar-refractivity contribution in [3.8, 4) is 5.75 Å². The van der Waals surface area contributed by atoms with Gasteiger partial charge in [0.15, 0.2) is 0 Å². The van der Waals surface area contributed by atoms with Crippen molar-refractivity contribution in [1.82, 2.24) is 10.2 Å². The number of para-hydroxylation sites is 1. The molecular formula is C27H31N3O5S. The number of anilines is 1. The summed E-state index contributed by atoms with van der Waals surface area (Å²) in [6, 6.07) is 20.9. The van der Waals surface area contributed by atoms with Crippen molar-refractivity contribution < 1.29 is 22.7 Å². The van der Waals surface area contributed by atoms with Crippen molar-refractivity contribution in [1.29, 1.82) is 0 Å². The molecule has 36 heavy (non-hydrogen) atoms. The molecule has 0 spiro atoms. The van der Waals surface area contributed by atoms with E-state index < -0.39 is 10.0 Å². The first kappa shape index (κ1) is 25.7. The minimum Gasteiger partial charge on any atom is -0.497 e. The molecule has 4 rings (SSSR count). The molecular weight excluding hydrogens is 478 g/mol. The maximum atomic E-state index is 12.9.